The van der Waals surface area contributed by atoms with Crippen molar-refractivity contribution >= 4 is 11.9 Å². The number of hydrogen-bond acceptors (Lipinski definition) is 4. The molecule has 3 aliphatic rings. The number of fused-ring (bicyclic) bond motifs is 3. The first kappa shape index (κ1) is 28.3. The zero-order chi connectivity index (χ0) is 27.2. The fourth-order valence-electron chi connectivity index (χ4n) is 6.57. The topological polar surface area (TPSA) is 78.6 Å². The summed E-state index contributed by atoms with van der Waals surface area (Å²) in [6, 6.07) is 6.51. The molecule has 2 fully saturated rings. The molecule has 2 saturated carbocycles. The predicted octanol–water partition coefficient (Wildman–Crippen LogP) is 6.34. The molecule has 38 heavy (non-hydrogen) atoms. The van der Waals surface area contributed by atoms with Crippen LogP contribution < -0.4 is 10.5 Å². The van der Waals surface area contributed by atoms with Crippen molar-refractivity contribution in [2.24, 2.45) is 35.3 Å². The summed E-state index contributed by atoms with van der Waals surface area (Å²) in [4.78, 5) is 25.5. The van der Waals surface area contributed by atoms with Crippen molar-refractivity contribution in [1.29, 1.82) is 0 Å². The molecular formula is C33H45NO4. The van der Waals surface area contributed by atoms with Crippen LogP contribution in [0.5, 0.6) is 5.75 Å². The second-order valence-electron chi connectivity index (χ2n) is 11.7. The highest BCUT2D eigenvalue weighted by Crippen LogP contribution is 2.53. The lowest BCUT2D eigenvalue weighted by atomic mass is 9.78. The van der Waals surface area contributed by atoms with E-state index < -0.39 is 11.8 Å². The molecule has 0 bridgehead atoms. The molecule has 1 aromatic carbocycles. The van der Waals surface area contributed by atoms with Gasteiger partial charge in [0.2, 0.25) is 5.91 Å². The van der Waals surface area contributed by atoms with Gasteiger partial charge >= 0.3 is 5.97 Å². The van der Waals surface area contributed by atoms with Crippen LogP contribution in [0.15, 0.2) is 30.4 Å². The molecule has 2 N–H and O–H groups in total. The molecule has 0 spiro atoms. The normalized spacial score (nSPS) is 29.5. The van der Waals surface area contributed by atoms with E-state index in [1.807, 2.05) is 6.92 Å². The molecule has 0 radical (unpaired) electrons. The summed E-state index contributed by atoms with van der Waals surface area (Å²) in [5, 5.41) is 0. The average Bonchev–Trinajstić information content (AvgIpc) is 3.44. The quantitative estimate of drug-likeness (QED) is 0.222. The Balaban J connectivity index is 1.59. The van der Waals surface area contributed by atoms with Crippen molar-refractivity contribution in [2.75, 3.05) is 0 Å². The van der Waals surface area contributed by atoms with Crippen molar-refractivity contribution in [3.8, 4) is 17.6 Å². The number of primary amides is 1. The van der Waals surface area contributed by atoms with E-state index in [0.29, 0.717) is 31.1 Å². The first-order valence-electron chi connectivity index (χ1n) is 14.7. The maximum absolute atomic E-state index is 13.4. The van der Waals surface area contributed by atoms with Crippen LogP contribution in [0.4, 0.5) is 0 Å². The Labute approximate surface area is 228 Å². The van der Waals surface area contributed by atoms with E-state index in [2.05, 4.69) is 63.0 Å². The number of aryl methyl sites for hydroxylation is 1. The van der Waals surface area contributed by atoms with Gasteiger partial charge in [0.05, 0.1) is 11.8 Å². The van der Waals surface area contributed by atoms with Crippen LogP contribution in [0.1, 0.15) is 96.1 Å². The van der Waals surface area contributed by atoms with Gasteiger partial charge in [-0.2, -0.15) is 0 Å². The van der Waals surface area contributed by atoms with E-state index in [9.17, 15) is 9.59 Å². The fraction of sp³-hybridized carbons (Fsp3) is 0.636. The van der Waals surface area contributed by atoms with Gasteiger partial charge in [0.15, 0.2) is 0 Å². The zero-order valence-electron chi connectivity index (χ0n) is 23.6. The largest absolute Gasteiger partial charge is 0.489 e. The highest BCUT2D eigenvalue weighted by atomic mass is 16.6. The van der Waals surface area contributed by atoms with Gasteiger partial charge in [-0.25, -0.2) is 0 Å². The Morgan fingerprint density at radius 1 is 1.21 bits per heavy atom. The summed E-state index contributed by atoms with van der Waals surface area (Å²) in [5.41, 5.74) is 8.18. The Kier molecular flexibility index (Phi) is 9.58. The van der Waals surface area contributed by atoms with Crippen molar-refractivity contribution in [1.82, 2.24) is 0 Å². The molecule has 1 heterocycles. The third-order valence-electron chi connectivity index (χ3n) is 9.10. The number of rotatable bonds is 10. The van der Waals surface area contributed by atoms with Gasteiger partial charge in [0.1, 0.15) is 18.0 Å². The molecule has 1 amide bonds. The SMILES string of the molecule is CC#CC[C@H](C)C(C)/C=C/[C@@H]1[C@H]2c3cccc(CCCC)c3O[C@H]2C[C@H]1OC(=O)C1CCCCC1C(N)=O. The Morgan fingerprint density at radius 2 is 1.97 bits per heavy atom. The number of esters is 1. The summed E-state index contributed by atoms with van der Waals surface area (Å²) in [7, 11) is 0. The Morgan fingerprint density at radius 3 is 2.68 bits per heavy atom. The molecule has 1 aromatic rings. The van der Waals surface area contributed by atoms with E-state index in [4.69, 9.17) is 15.2 Å². The zero-order valence-corrected chi connectivity index (χ0v) is 23.6. The number of nitrogens with two attached hydrogens (primary N) is 1. The molecule has 2 aliphatic carbocycles. The van der Waals surface area contributed by atoms with Crippen LogP contribution in [0, 0.1) is 41.4 Å². The van der Waals surface area contributed by atoms with Crippen LogP contribution in [0.25, 0.3) is 0 Å². The van der Waals surface area contributed by atoms with Gasteiger partial charge in [-0.15, -0.1) is 11.8 Å². The summed E-state index contributed by atoms with van der Waals surface area (Å²) < 4.78 is 12.8. The summed E-state index contributed by atoms with van der Waals surface area (Å²) in [5.74, 6) is 6.68. The van der Waals surface area contributed by atoms with E-state index >= 15 is 0 Å². The molecule has 0 saturated heterocycles. The second-order valence-corrected chi connectivity index (χ2v) is 11.7. The molecule has 0 aromatic heterocycles. The van der Waals surface area contributed by atoms with Crippen LogP contribution in [-0.2, 0) is 20.7 Å². The van der Waals surface area contributed by atoms with Crippen molar-refractivity contribution in [3.63, 3.8) is 0 Å². The lowest BCUT2D eigenvalue weighted by Gasteiger charge is -2.30. The van der Waals surface area contributed by atoms with E-state index in [1.54, 1.807) is 0 Å². The van der Waals surface area contributed by atoms with Crippen LogP contribution in [-0.4, -0.2) is 24.1 Å². The number of para-hydroxylation sites is 1. The average molecular weight is 520 g/mol. The maximum atomic E-state index is 13.4. The molecule has 4 rings (SSSR count). The van der Waals surface area contributed by atoms with Gasteiger partial charge in [-0.05, 0) is 50.0 Å². The van der Waals surface area contributed by atoms with Gasteiger partial charge in [0, 0.05) is 30.2 Å². The van der Waals surface area contributed by atoms with Gasteiger partial charge < -0.3 is 15.2 Å². The molecule has 1 aliphatic heterocycles. The molecule has 206 valence electrons. The third-order valence-corrected chi connectivity index (χ3v) is 9.10. The summed E-state index contributed by atoms with van der Waals surface area (Å²) in [6.45, 7) is 8.55. The summed E-state index contributed by atoms with van der Waals surface area (Å²) in [6.07, 6.45) is 12.3. The standard InChI is InChI=1S/C33H45NO4/c1-5-7-12-21(3)22(4)18-19-26-28(38-33(36)25-16-10-9-15-24(25)32(34)35)20-29-30(26)27-17-11-14-23(13-8-6-2)31(27)37-29/h11,14,17-19,21-22,24-26,28-30H,6,8-10,12-13,15-16,20H2,1-4H3,(H2,34,35)/b19-18+/t21-,22?,24?,25?,26-,28+,29-,30-/m0/s1. The monoisotopic (exact) mass is 519 g/mol. The van der Waals surface area contributed by atoms with Gasteiger partial charge in [-0.3, -0.25) is 9.59 Å². The first-order chi connectivity index (χ1) is 18.3. The van der Waals surface area contributed by atoms with Crippen molar-refractivity contribution in [2.45, 2.75) is 104 Å². The maximum Gasteiger partial charge on any atom is 0.310 e. The molecule has 8 atom stereocenters. The van der Waals surface area contributed by atoms with E-state index in [1.165, 1.54) is 11.1 Å². The Hall–Kier alpha value is -2.74. The number of hydrogen-bond donors (Lipinski definition) is 1. The molecular weight excluding hydrogens is 474 g/mol. The minimum atomic E-state index is -0.438. The lowest BCUT2D eigenvalue weighted by molar-refractivity contribution is -0.160. The second kappa shape index (κ2) is 12.9. The molecule has 3 unspecified atom stereocenters. The molecule has 5 nitrogen and oxygen atoms in total. The fourth-order valence-corrected chi connectivity index (χ4v) is 6.57. The van der Waals surface area contributed by atoms with Gasteiger partial charge in [0.25, 0.3) is 0 Å². The molecule has 5 heteroatoms. The van der Waals surface area contributed by atoms with E-state index in [-0.39, 0.29) is 35.9 Å². The number of unbranched alkanes of at least 4 members (excludes halogenated alkanes) is 1. The van der Waals surface area contributed by atoms with Crippen LogP contribution in [0.3, 0.4) is 0 Å². The lowest BCUT2D eigenvalue weighted by Crippen LogP contribution is -2.39. The third kappa shape index (κ3) is 6.11. The summed E-state index contributed by atoms with van der Waals surface area (Å²) >= 11 is 0. The number of benzene rings is 1. The number of amides is 1. The number of carbonyl (C=O) groups excluding carboxylic acids is 2. The first-order valence-corrected chi connectivity index (χ1v) is 14.7. The van der Waals surface area contributed by atoms with Crippen molar-refractivity contribution < 1.29 is 19.1 Å². The Bertz CT molecular complexity index is 1080. The highest BCUT2D eigenvalue weighted by Gasteiger charge is 2.51. The minimum Gasteiger partial charge on any atom is -0.489 e. The van der Waals surface area contributed by atoms with Crippen molar-refractivity contribution in [3.05, 3.63) is 41.5 Å². The number of allylic oxidation sites excluding steroid dienone is 1. The van der Waals surface area contributed by atoms with E-state index in [0.717, 1.165) is 44.3 Å². The highest BCUT2D eigenvalue weighted by molar-refractivity contribution is 5.84. The van der Waals surface area contributed by atoms with Crippen LogP contribution >= 0.6 is 0 Å². The van der Waals surface area contributed by atoms with Crippen LogP contribution in [0.2, 0.25) is 0 Å². The van der Waals surface area contributed by atoms with Gasteiger partial charge in [-0.1, -0.05) is 70.4 Å². The smallest absolute Gasteiger partial charge is 0.310 e. The number of carbonyl (C=O) groups is 2. The number of ether oxygens (including phenoxy) is 2. The minimum absolute atomic E-state index is 0.0165. The predicted molar refractivity (Wildman–Crippen MR) is 150 cm³/mol.